The van der Waals surface area contributed by atoms with E-state index < -0.39 is 11.8 Å². The summed E-state index contributed by atoms with van der Waals surface area (Å²) < 4.78 is 19.9. The monoisotopic (exact) mass is 517 g/mol. The molecule has 186 valence electrons. The standard InChI is InChI=1S/C28H21ClFN3O4/c29-21-11-10-17(13-19(21)28-18(15-31)14-20-22(30)5-3-7-23(20)33-28)25(34)16-32-24-6-1-2-8-26(24)37-12-4-9-27(35)36/h1-3,5-8,10-11,13-14,32H,4,9,12,16H2,(H,35,36). The zero-order valence-corrected chi connectivity index (χ0v) is 20.3. The quantitative estimate of drug-likeness (QED) is 0.193. The maximum Gasteiger partial charge on any atom is 0.303 e. The van der Waals surface area contributed by atoms with E-state index in [0.717, 1.165) is 0 Å². The predicted molar refractivity (Wildman–Crippen MR) is 138 cm³/mol. The first-order valence-corrected chi connectivity index (χ1v) is 11.7. The Morgan fingerprint density at radius 1 is 1.11 bits per heavy atom. The molecule has 0 aliphatic carbocycles. The summed E-state index contributed by atoms with van der Waals surface area (Å²) in [7, 11) is 0. The van der Waals surface area contributed by atoms with Gasteiger partial charge in [0.2, 0.25) is 0 Å². The molecule has 0 aliphatic heterocycles. The lowest BCUT2D eigenvalue weighted by Gasteiger charge is -2.13. The van der Waals surface area contributed by atoms with E-state index in [1.165, 1.54) is 18.2 Å². The highest BCUT2D eigenvalue weighted by atomic mass is 35.5. The van der Waals surface area contributed by atoms with Gasteiger partial charge in [-0.3, -0.25) is 9.59 Å². The summed E-state index contributed by atoms with van der Waals surface area (Å²) in [5, 5.41) is 22.0. The molecule has 0 aliphatic rings. The number of carboxylic acid groups (broad SMARTS) is 1. The number of halogens is 2. The molecule has 0 spiro atoms. The average molecular weight is 518 g/mol. The molecule has 0 atom stereocenters. The van der Waals surface area contributed by atoms with Crippen molar-refractivity contribution >= 4 is 39.9 Å². The van der Waals surface area contributed by atoms with Crippen molar-refractivity contribution in [2.45, 2.75) is 12.8 Å². The Balaban J connectivity index is 1.55. The molecule has 1 heterocycles. The van der Waals surface area contributed by atoms with Gasteiger partial charge in [0, 0.05) is 22.9 Å². The summed E-state index contributed by atoms with van der Waals surface area (Å²) in [6, 6.07) is 19.7. The summed E-state index contributed by atoms with van der Waals surface area (Å²) in [6.07, 6.45) is 0.359. The fourth-order valence-corrected chi connectivity index (χ4v) is 3.96. The van der Waals surface area contributed by atoms with Crippen LogP contribution in [0.1, 0.15) is 28.8 Å². The van der Waals surface area contributed by atoms with Crippen molar-refractivity contribution < 1.29 is 23.8 Å². The van der Waals surface area contributed by atoms with E-state index >= 15 is 0 Å². The first kappa shape index (κ1) is 25.6. The summed E-state index contributed by atoms with van der Waals surface area (Å²) >= 11 is 6.42. The number of hydrogen-bond acceptors (Lipinski definition) is 6. The lowest BCUT2D eigenvalue weighted by atomic mass is 10.00. The van der Waals surface area contributed by atoms with Crippen LogP contribution in [0.15, 0.2) is 66.7 Å². The van der Waals surface area contributed by atoms with Crippen LogP contribution in [0.25, 0.3) is 22.2 Å². The van der Waals surface area contributed by atoms with Gasteiger partial charge >= 0.3 is 5.97 Å². The smallest absolute Gasteiger partial charge is 0.303 e. The van der Waals surface area contributed by atoms with Crippen molar-refractivity contribution in [3.05, 3.63) is 88.7 Å². The van der Waals surface area contributed by atoms with E-state index in [1.807, 2.05) is 6.07 Å². The topological polar surface area (TPSA) is 112 Å². The van der Waals surface area contributed by atoms with E-state index in [0.29, 0.717) is 39.5 Å². The molecule has 1 aromatic heterocycles. The van der Waals surface area contributed by atoms with Gasteiger partial charge in [-0.25, -0.2) is 9.37 Å². The van der Waals surface area contributed by atoms with Crippen LogP contribution in [-0.4, -0.2) is 35.0 Å². The highest BCUT2D eigenvalue weighted by molar-refractivity contribution is 6.33. The number of Topliss-reactive ketones (excluding diaryl/α,β-unsaturated/α-hetero) is 1. The molecule has 0 amide bonds. The maximum absolute atomic E-state index is 14.2. The first-order chi connectivity index (χ1) is 17.9. The zero-order chi connectivity index (χ0) is 26.4. The number of ketones is 1. The molecule has 0 saturated heterocycles. The van der Waals surface area contributed by atoms with Crippen LogP contribution in [0.3, 0.4) is 0 Å². The fourth-order valence-electron chi connectivity index (χ4n) is 3.75. The summed E-state index contributed by atoms with van der Waals surface area (Å²) in [4.78, 5) is 28.2. The number of hydrogen-bond donors (Lipinski definition) is 2. The Labute approximate surface area is 217 Å². The van der Waals surface area contributed by atoms with Gasteiger partial charge in [0.25, 0.3) is 0 Å². The van der Waals surface area contributed by atoms with Gasteiger partial charge in [0.1, 0.15) is 17.6 Å². The molecular formula is C28H21ClFN3O4. The van der Waals surface area contributed by atoms with Gasteiger partial charge in [0.15, 0.2) is 5.78 Å². The first-order valence-electron chi connectivity index (χ1n) is 11.4. The van der Waals surface area contributed by atoms with Crippen molar-refractivity contribution in [3.8, 4) is 23.1 Å². The van der Waals surface area contributed by atoms with Gasteiger partial charge in [-0.1, -0.05) is 29.8 Å². The largest absolute Gasteiger partial charge is 0.491 e. The highest BCUT2D eigenvalue weighted by Crippen LogP contribution is 2.33. The average Bonchev–Trinajstić information content (AvgIpc) is 2.90. The second kappa shape index (κ2) is 11.5. The number of benzene rings is 3. The third-order valence-electron chi connectivity index (χ3n) is 5.59. The Kier molecular flexibility index (Phi) is 7.96. The molecule has 2 N–H and O–H groups in total. The number of anilines is 1. The van der Waals surface area contributed by atoms with Crippen LogP contribution in [0.2, 0.25) is 5.02 Å². The lowest BCUT2D eigenvalue weighted by molar-refractivity contribution is -0.137. The van der Waals surface area contributed by atoms with Gasteiger partial charge < -0.3 is 15.2 Å². The molecule has 37 heavy (non-hydrogen) atoms. The molecule has 0 radical (unpaired) electrons. The number of ether oxygens (including phenoxy) is 1. The number of carboxylic acids is 1. The van der Waals surface area contributed by atoms with Crippen molar-refractivity contribution in [1.29, 1.82) is 5.26 Å². The number of aromatic nitrogens is 1. The van der Waals surface area contributed by atoms with Crippen molar-refractivity contribution in [3.63, 3.8) is 0 Å². The number of para-hydroxylation sites is 2. The highest BCUT2D eigenvalue weighted by Gasteiger charge is 2.17. The van der Waals surface area contributed by atoms with Crippen molar-refractivity contribution in [2.75, 3.05) is 18.5 Å². The number of rotatable bonds is 10. The predicted octanol–water partition coefficient (Wildman–Crippen LogP) is 6.10. The van der Waals surface area contributed by atoms with E-state index in [-0.39, 0.29) is 42.0 Å². The lowest BCUT2D eigenvalue weighted by Crippen LogP contribution is -2.15. The summed E-state index contributed by atoms with van der Waals surface area (Å²) in [6.45, 7) is 0.168. The number of nitrogens with one attached hydrogen (secondary N) is 1. The number of carbonyl (C=O) groups excluding carboxylic acids is 1. The molecule has 9 heteroatoms. The molecule has 7 nitrogen and oxygen atoms in total. The van der Waals surface area contributed by atoms with Crippen LogP contribution in [0, 0.1) is 17.1 Å². The van der Waals surface area contributed by atoms with Crippen LogP contribution in [0.5, 0.6) is 5.75 Å². The summed E-state index contributed by atoms with van der Waals surface area (Å²) in [5.41, 5.74) is 2.08. The zero-order valence-electron chi connectivity index (χ0n) is 19.5. The third kappa shape index (κ3) is 6.02. The van der Waals surface area contributed by atoms with Crippen LogP contribution in [0.4, 0.5) is 10.1 Å². The number of aliphatic carboxylic acids is 1. The number of carbonyl (C=O) groups is 2. The van der Waals surface area contributed by atoms with Crippen LogP contribution < -0.4 is 10.1 Å². The number of fused-ring (bicyclic) bond motifs is 1. The number of nitriles is 1. The Morgan fingerprint density at radius 3 is 2.70 bits per heavy atom. The molecule has 0 saturated carbocycles. The van der Waals surface area contributed by atoms with Gasteiger partial charge in [-0.05, 0) is 55.0 Å². The Morgan fingerprint density at radius 2 is 1.92 bits per heavy atom. The second-order valence-corrected chi connectivity index (χ2v) is 8.52. The van der Waals surface area contributed by atoms with Crippen molar-refractivity contribution in [1.82, 2.24) is 4.98 Å². The minimum Gasteiger partial charge on any atom is -0.491 e. The van der Waals surface area contributed by atoms with E-state index in [9.17, 15) is 19.2 Å². The van der Waals surface area contributed by atoms with E-state index in [4.69, 9.17) is 21.4 Å². The fraction of sp³-hybridized carbons (Fsp3) is 0.143. The Hall–Kier alpha value is -4.48. The molecule has 4 rings (SSSR count). The Bertz CT molecular complexity index is 1530. The minimum absolute atomic E-state index is 0.00149. The van der Waals surface area contributed by atoms with Crippen molar-refractivity contribution in [2.24, 2.45) is 0 Å². The van der Waals surface area contributed by atoms with Crippen LogP contribution in [-0.2, 0) is 4.79 Å². The minimum atomic E-state index is -0.893. The van der Waals surface area contributed by atoms with Gasteiger partial charge in [0.05, 0.1) is 40.6 Å². The van der Waals surface area contributed by atoms with Crippen LogP contribution >= 0.6 is 11.6 Å². The number of pyridine rings is 1. The van der Waals surface area contributed by atoms with E-state index in [1.54, 1.807) is 48.5 Å². The summed E-state index contributed by atoms with van der Waals surface area (Å²) in [5.74, 6) is -1.12. The third-order valence-corrected chi connectivity index (χ3v) is 5.92. The molecule has 0 unspecified atom stereocenters. The SMILES string of the molecule is N#Cc1cc2c(F)cccc2nc1-c1cc(C(=O)CNc2ccccc2OCCCC(=O)O)ccc1Cl. The van der Waals surface area contributed by atoms with E-state index in [2.05, 4.69) is 10.3 Å². The van der Waals surface area contributed by atoms with Gasteiger partial charge in [-0.2, -0.15) is 5.26 Å². The number of nitrogens with zero attached hydrogens (tertiary/aromatic N) is 2. The molecule has 0 bridgehead atoms. The van der Waals surface area contributed by atoms with Gasteiger partial charge in [-0.15, -0.1) is 0 Å². The second-order valence-electron chi connectivity index (χ2n) is 8.12. The normalized spacial score (nSPS) is 10.6. The maximum atomic E-state index is 14.2. The molecule has 4 aromatic rings. The molecular weight excluding hydrogens is 497 g/mol. The molecule has 0 fully saturated rings. The molecule has 3 aromatic carbocycles.